The van der Waals surface area contributed by atoms with Crippen LogP contribution in [0.25, 0.3) is 0 Å². The number of carbonyl (C=O) groups excluding carboxylic acids is 1. The van der Waals surface area contributed by atoms with E-state index in [9.17, 15) is 23.1 Å². The second-order valence-corrected chi connectivity index (χ2v) is 6.32. The second-order valence-electron chi connectivity index (χ2n) is 5.20. The smallest absolute Gasteiger partial charge is 0.379 e. The third-order valence-corrected chi connectivity index (χ3v) is 4.81. The molecule has 1 heterocycles. The zero-order chi connectivity index (χ0) is 17.3. The summed E-state index contributed by atoms with van der Waals surface area (Å²) in [6.07, 6.45) is -2.41. The molecule has 0 aliphatic carbocycles. The molecule has 0 aromatic heterocycles. The summed E-state index contributed by atoms with van der Waals surface area (Å²) in [5, 5.41) is 22.7. The van der Waals surface area contributed by atoms with Gasteiger partial charge in [-0.3, -0.25) is 4.79 Å². The van der Waals surface area contributed by atoms with Gasteiger partial charge in [-0.25, -0.2) is 0 Å². The number of rotatable bonds is 3. The largest absolute Gasteiger partial charge is 0.417 e. The normalized spacial score (nSPS) is 19.9. The highest BCUT2D eigenvalue weighted by molar-refractivity contribution is 8.03. The fourth-order valence-corrected chi connectivity index (χ4v) is 3.11. The number of halogens is 3. The number of benzene rings is 1. The molecule has 1 aliphatic heterocycles. The van der Waals surface area contributed by atoms with Gasteiger partial charge in [0, 0.05) is 10.9 Å². The molecule has 1 aliphatic rings. The zero-order valence-corrected chi connectivity index (χ0v) is 12.8. The first kappa shape index (κ1) is 17.4. The van der Waals surface area contributed by atoms with Crippen molar-refractivity contribution in [3.8, 4) is 6.07 Å². The average Bonchev–Trinajstić information content (AvgIpc) is 3.01. The lowest BCUT2D eigenvalue weighted by atomic mass is 9.98. The van der Waals surface area contributed by atoms with Gasteiger partial charge in [-0.1, -0.05) is 6.08 Å². The van der Waals surface area contributed by atoms with Crippen LogP contribution in [0.1, 0.15) is 24.5 Å². The summed E-state index contributed by atoms with van der Waals surface area (Å²) in [6.45, 7) is 1.32. The van der Waals surface area contributed by atoms with Crippen LogP contribution in [0.4, 0.5) is 18.9 Å². The van der Waals surface area contributed by atoms with Gasteiger partial charge < -0.3 is 10.4 Å². The molecule has 0 bridgehead atoms. The molecule has 0 spiro atoms. The maximum atomic E-state index is 12.9. The lowest BCUT2D eigenvalue weighted by Gasteiger charge is -2.28. The lowest BCUT2D eigenvalue weighted by Crippen LogP contribution is -2.47. The molecule has 1 aromatic rings. The Morgan fingerprint density at radius 1 is 1.48 bits per heavy atom. The number of allylic oxidation sites excluding steroid dienone is 1. The molecule has 23 heavy (non-hydrogen) atoms. The minimum atomic E-state index is -4.71. The van der Waals surface area contributed by atoms with Crippen molar-refractivity contribution in [2.45, 2.75) is 30.4 Å². The molecule has 2 rings (SSSR count). The molecule has 0 fully saturated rings. The van der Waals surface area contributed by atoms with E-state index in [0.29, 0.717) is 12.5 Å². The van der Waals surface area contributed by atoms with Gasteiger partial charge in [-0.15, -0.1) is 11.8 Å². The van der Waals surface area contributed by atoms with Gasteiger partial charge in [0.15, 0.2) is 5.60 Å². The van der Waals surface area contributed by atoms with Gasteiger partial charge in [0.1, 0.15) is 0 Å². The van der Waals surface area contributed by atoms with E-state index in [1.54, 1.807) is 11.5 Å². The van der Waals surface area contributed by atoms with Crippen LogP contribution >= 0.6 is 11.8 Å². The van der Waals surface area contributed by atoms with Gasteiger partial charge >= 0.3 is 6.18 Å². The second kappa shape index (κ2) is 6.26. The van der Waals surface area contributed by atoms with Crippen LogP contribution in [-0.2, 0) is 11.0 Å². The van der Waals surface area contributed by atoms with Crippen LogP contribution in [0.15, 0.2) is 29.7 Å². The number of aliphatic hydroxyl groups is 1. The van der Waals surface area contributed by atoms with E-state index in [0.717, 1.165) is 6.07 Å². The highest BCUT2D eigenvalue weighted by atomic mass is 32.2. The lowest BCUT2D eigenvalue weighted by molar-refractivity contribution is -0.138. The molecular formula is C15H13F3N2O2S. The molecule has 0 radical (unpaired) electrons. The van der Waals surface area contributed by atoms with Gasteiger partial charge in [0.25, 0.3) is 5.91 Å². The number of amides is 1. The van der Waals surface area contributed by atoms with Crippen molar-refractivity contribution in [1.82, 2.24) is 0 Å². The first-order valence-electron chi connectivity index (χ1n) is 6.62. The molecule has 8 heteroatoms. The maximum absolute atomic E-state index is 12.9. The predicted octanol–water partition coefficient (Wildman–Crippen LogP) is 3.29. The molecule has 2 N–H and O–H groups in total. The van der Waals surface area contributed by atoms with Crippen molar-refractivity contribution in [1.29, 1.82) is 5.26 Å². The summed E-state index contributed by atoms with van der Waals surface area (Å²) in [5.74, 6) is -0.795. The zero-order valence-electron chi connectivity index (χ0n) is 12.0. The number of nitriles is 1. The maximum Gasteiger partial charge on any atom is 0.417 e. The van der Waals surface area contributed by atoms with Crippen LogP contribution in [-0.4, -0.2) is 21.9 Å². The summed E-state index contributed by atoms with van der Waals surface area (Å²) >= 11 is 1.29. The molecule has 2 atom stereocenters. The van der Waals surface area contributed by atoms with Crippen LogP contribution in [0, 0.1) is 11.3 Å². The molecule has 1 amide bonds. The highest BCUT2D eigenvalue weighted by Crippen LogP contribution is 2.35. The number of nitrogens with one attached hydrogen (secondary N) is 1. The summed E-state index contributed by atoms with van der Waals surface area (Å²) in [5.41, 5.74) is -3.52. The average molecular weight is 342 g/mol. The Morgan fingerprint density at radius 2 is 2.17 bits per heavy atom. The molecule has 0 saturated carbocycles. The fraction of sp³-hybridized carbons (Fsp3) is 0.333. The molecule has 4 nitrogen and oxygen atoms in total. The van der Waals surface area contributed by atoms with E-state index in [1.807, 2.05) is 0 Å². The highest BCUT2D eigenvalue weighted by Gasteiger charge is 2.40. The monoisotopic (exact) mass is 342 g/mol. The number of hydrogen-bond donors (Lipinski definition) is 2. The Hall–Kier alpha value is -1.98. The van der Waals surface area contributed by atoms with E-state index in [4.69, 9.17) is 5.26 Å². The third kappa shape index (κ3) is 3.68. The predicted molar refractivity (Wildman–Crippen MR) is 80.5 cm³/mol. The Kier molecular flexibility index (Phi) is 4.73. The number of nitrogens with zero attached hydrogens (tertiary/aromatic N) is 1. The van der Waals surface area contributed by atoms with Crippen molar-refractivity contribution in [3.63, 3.8) is 0 Å². The van der Waals surface area contributed by atoms with Gasteiger partial charge in [-0.05, 0) is 37.0 Å². The van der Waals surface area contributed by atoms with E-state index < -0.39 is 34.1 Å². The molecule has 2 unspecified atom stereocenters. The van der Waals surface area contributed by atoms with Gasteiger partial charge in [-0.2, -0.15) is 18.4 Å². The van der Waals surface area contributed by atoms with Crippen molar-refractivity contribution >= 4 is 23.4 Å². The van der Waals surface area contributed by atoms with Crippen molar-refractivity contribution in [2.75, 3.05) is 5.32 Å². The van der Waals surface area contributed by atoms with Crippen LogP contribution in [0.5, 0.6) is 0 Å². The first-order chi connectivity index (χ1) is 10.7. The summed E-state index contributed by atoms with van der Waals surface area (Å²) in [4.78, 5) is 12.2. The fourth-order valence-electron chi connectivity index (χ4n) is 2.10. The van der Waals surface area contributed by atoms with Crippen molar-refractivity contribution in [2.24, 2.45) is 0 Å². The summed E-state index contributed by atoms with van der Waals surface area (Å²) < 4.78 is 38.7. The Balaban J connectivity index is 2.23. The van der Waals surface area contributed by atoms with E-state index in [1.165, 1.54) is 30.8 Å². The quantitative estimate of drug-likeness (QED) is 0.884. The third-order valence-electron chi connectivity index (χ3n) is 3.48. The summed E-state index contributed by atoms with van der Waals surface area (Å²) in [7, 11) is 0. The molecule has 122 valence electrons. The van der Waals surface area contributed by atoms with Gasteiger partial charge in [0.05, 0.1) is 17.2 Å². The number of thioether (sulfide) groups is 1. The van der Waals surface area contributed by atoms with Crippen LogP contribution in [0.3, 0.4) is 0 Å². The molecule has 1 aromatic carbocycles. The minimum Gasteiger partial charge on any atom is -0.379 e. The van der Waals surface area contributed by atoms with Crippen LogP contribution in [0.2, 0.25) is 0 Å². The van der Waals surface area contributed by atoms with Gasteiger partial charge in [0.2, 0.25) is 0 Å². The number of anilines is 1. The number of carbonyl (C=O) groups is 1. The first-order valence-corrected chi connectivity index (χ1v) is 7.56. The summed E-state index contributed by atoms with van der Waals surface area (Å²) in [6, 6.07) is 4.33. The van der Waals surface area contributed by atoms with E-state index in [-0.39, 0.29) is 5.69 Å². The van der Waals surface area contributed by atoms with Crippen LogP contribution < -0.4 is 5.32 Å². The topological polar surface area (TPSA) is 73.1 Å². The minimum absolute atomic E-state index is 0.127. The van der Waals surface area contributed by atoms with E-state index in [2.05, 4.69) is 5.32 Å². The molecule has 0 saturated heterocycles. The van der Waals surface area contributed by atoms with Crippen molar-refractivity contribution in [3.05, 3.63) is 40.8 Å². The Labute approximate surface area is 135 Å². The molecular weight excluding hydrogens is 329 g/mol. The standard InChI is InChI=1S/C15H13F3N2O2S/c1-14(22,12-3-2-6-23-12)13(21)20-10-5-4-9(8-19)11(7-10)15(16,17)18/h2,4-7,12,22H,3H2,1H3,(H,20,21). The Morgan fingerprint density at radius 3 is 2.70 bits per heavy atom. The SMILES string of the molecule is CC(O)(C(=O)Nc1ccc(C#N)c(C(F)(F)F)c1)C1CC=CS1. The van der Waals surface area contributed by atoms with Crippen molar-refractivity contribution < 1.29 is 23.1 Å². The Bertz CT molecular complexity index is 685. The number of hydrogen-bond acceptors (Lipinski definition) is 4. The number of alkyl halides is 3. The van der Waals surface area contributed by atoms with E-state index >= 15 is 0 Å².